The van der Waals surface area contributed by atoms with Crippen molar-refractivity contribution in [3.8, 4) is 18.1 Å². The number of rotatable bonds is 11. The van der Waals surface area contributed by atoms with Gasteiger partial charge in [0.15, 0.2) is 0 Å². The third-order valence-electron chi connectivity index (χ3n) is 15.2. The highest BCUT2D eigenvalue weighted by Gasteiger charge is 2.55. The van der Waals surface area contributed by atoms with Crippen molar-refractivity contribution >= 4 is 54.0 Å². The van der Waals surface area contributed by atoms with Crippen LogP contribution in [0.25, 0.3) is 11.8 Å². The van der Waals surface area contributed by atoms with E-state index in [0.717, 1.165) is 79.6 Å². The van der Waals surface area contributed by atoms with Crippen molar-refractivity contribution in [1.29, 1.82) is 0 Å². The Bertz CT molecular complexity index is 2540. The van der Waals surface area contributed by atoms with E-state index in [4.69, 9.17) is 33.6 Å². The maximum atomic E-state index is 11.9. The molecule has 386 valence electrons. The number of amides is 5. The van der Waals surface area contributed by atoms with Crippen LogP contribution in [0.15, 0.2) is 58.5 Å². The van der Waals surface area contributed by atoms with Crippen LogP contribution in [0.5, 0.6) is 5.75 Å². The number of hydrogen-bond donors (Lipinski definition) is 8. The number of aromatic hydroxyl groups is 1. The summed E-state index contributed by atoms with van der Waals surface area (Å²) in [5.41, 5.74) is 24.0. The standard InChI is InChI=1S/C33H45N9O2.C11H20N2O3.C10H9NO/c1-20-29-25(13-26(34)24-5-3-4-6-28(24)43)30(35)39-27(29)9-12-42(20)31-37-16-22(17-38-31)21-7-10-40(11-8-21)23-14-33(15-23)18-41(19-33)32(44)36-2;1-11(2,5-9(12)15)6-10(16)13-4-3-8(14)7-13;1-2-9-3-5-10(6-4-9)7-11-8-12/h3-6,13,16,20-23,39,43H,7-12,14-15,17-19,34-35H2,1-2H3,(H,36,44);8,14H,3-7H2,1-2H3,(H2,12,15);1,3-6,8H,7H2,(H,11,12)/b26-13-;;. The number of nitrogens with zero attached hydrogens (tertiary/aromatic N) is 6. The number of nitrogen functional groups attached to an aromatic ring is 1. The zero-order valence-electron chi connectivity index (χ0n) is 42.3. The second kappa shape index (κ2) is 23.1. The quantitative estimate of drug-likeness (QED) is 0.101. The fourth-order valence-corrected chi connectivity index (χ4v) is 11.3. The van der Waals surface area contributed by atoms with Crippen LogP contribution in [0, 0.1) is 35.0 Å². The van der Waals surface area contributed by atoms with Gasteiger partial charge in [0.25, 0.3) is 0 Å². The molecule has 6 aliphatic rings. The van der Waals surface area contributed by atoms with Crippen LogP contribution < -0.4 is 27.8 Å². The number of carbonyl (C=O) groups excluding carboxylic acids is 4. The van der Waals surface area contributed by atoms with Gasteiger partial charge in [-0.3, -0.25) is 19.4 Å². The number of nitrogens with two attached hydrogens (primary N) is 3. The monoisotopic (exact) mass is 987 g/mol. The Hall–Kier alpha value is -6.84. The minimum atomic E-state index is -0.406. The van der Waals surface area contributed by atoms with Crippen LogP contribution >= 0.6 is 0 Å². The van der Waals surface area contributed by atoms with Gasteiger partial charge in [-0.1, -0.05) is 44.0 Å². The first kappa shape index (κ1) is 53.0. The SMILES string of the molecule is C#Cc1ccc(CNC=O)cc1.CC(C)(CC(N)=O)CC(=O)N1CCC(O)C1.CNC(=O)N1CC2(CC(N3CCC(C4C=NC(N5CCc6[nH]c(N)c(/C=C(\N)c7ccccc7O)c6C5C)=NC4)CC3)C2)C1. The average molecular weight is 987 g/mol. The van der Waals surface area contributed by atoms with Crippen LogP contribution in [0.4, 0.5) is 10.6 Å². The lowest BCUT2D eigenvalue weighted by molar-refractivity contribution is -0.133. The fraction of sp³-hybridized carbons (Fsp3) is 0.519. The summed E-state index contributed by atoms with van der Waals surface area (Å²) in [5.74, 6) is 4.65. The van der Waals surface area contributed by atoms with E-state index in [0.29, 0.717) is 79.3 Å². The number of guanidine groups is 1. The number of para-hydroxylation sites is 1. The lowest BCUT2D eigenvalue weighted by Crippen LogP contribution is -2.68. The predicted molar refractivity (Wildman–Crippen MR) is 281 cm³/mol. The van der Waals surface area contributed by atoms with E-state index >= 15 is 0 Å². The summed E-state index contributed by atoms with van der Waals surface area (Å²) < 4.78 is 0. The molecule has 5 aliphatic heterocycles. The zero-order chi connectivity index (χ0) is 51.7. The molecule has 1 aromatic heterocycles. The van der Waals surface area contributed by atoms with Gasteiger partial charge < -0.3 is 62.6 Å². The van der Waals surface area contributed by atoms with Gasteiger partial charge in [0, 0.05) is 123 Å². The molecule has 5 amide bonds. The minimum Gasteiger partial charge on any atom is -0.507 e. The first-order valence-electron chi connectivity index (χ1n) is 25.2. The number of H-pyrrole nitrogens is 1. The molecule has 1 saturated carbocycles. The number of terminal acetylenes is 1. The van der Waals surface area contributed by atoms with Gasteiger partial charge in [-0.25, -0.2) is 9.79 Å². The number of primary amides is 1. The normalized spacial score (nSPS) is 21.9. The predicted octanol–water partition coefficient (Wildman–Crippen LogP) is 4.04. The van der Waals surface area contributed by atoms with Crippen LogP contribution in [-0.4, -0.2) is 143 Å². The number of aliphatic hydroxyl groups excluding tert-OH is 1. The Labute approximate surface area is 423 Å². The van der Waals surface area contributed by atoms with E-state index in [1.807, 2.05) is 55.2 Å². The second-order valence-electron chi connectivity index (χ2n) is 21.1. The van der Waals surface area contributed by atoms with Crippen molar-refractivity contribution in [2.24, 2.45) is 44.1 Å². The molecule has 9 rings (SSSR count). The van der Waals surface area contributed by atoms with E-state index in [-0.39, 0.29) is 36.1 Å². The van der Waals surface area contributed by atoms with Crippen molar-refractivity contribution in [2.45, 2.75) is 96.9 Å². The van der Waals surface area contributed by atoms with E-state index in [9.17, 15) is 29.4 Å². The molecule has 18 nitrogen and oxygen atoms in total. The molecule has 3 atom stereocenters. The Morgan fingerprint density at radius 2 is 1.71 bits per heavy atom. The van der Waals surface area contributed by atoms with Crippen molar-refractivity contribution in [2.75, 3.05) is 65.1 Å². The first-order chi connectivity index (χ1) is 34.4. The number of nitrogens with one attached hydrogen (secondary N) is 3. The molecule has 3 aromatic rings. The first-order valence-corrected chi connectivity index (χ1v) is 25.2. The number of anilines is 1. The topological polar surface area (TPSA) is 264 Å². The number of urea groups is 1. The molecule has 72 heavy (non-hydrogen) atoms. The lowest BCUT2D eigenvalue weighted by Gasteiger charge is -2.61. The van der Waals surface area contributed by atoms with Gasteiger partial charge in [-0.05, 0) is 99.4 Å². The summed E-state index contributed by atoms with van der Waals surface area (Å²) >= 11 is 0. The maximum absolute atomic E-state index is 11.9. The molecule has 3 unspecified atom stereocenters. The summed E-state index contributed by atoms with van der Waals surface area (Å²) in [6.07, 6.45) is 16.3. The van der Waals surface area contributed by atoms with Crippen LogP contribution in [0.3, 0.4) is 0 Å². The van der Waals surface area contributed by atoms with Gasteiger partial charge in [0.05, 0.1) is 18.7 Å². The number of fused-ring (bicyclic) bond motifs is 1. The number of phenolic OH excluding ortho intramolecular Hbond substituents is 1. The summed E-state index contributed by atoms with van der Waals surface area (Å²) in [4.78, 5) is 66.3. The smallest absolute Gasteiger partial charge is 0.317 e. The van der Waals surface area contributed by atoms with Gasteiger partial charge in [0.1, 0.15) is 11.6 Å². The number of phenols is 1. The van der Waals surface area contributed by atoms with Crippen molar-refractivity contribution in [1.82, 2.24) is 35.2 Å². The molecule has 1 spiro atoms. The largest absolute Gasteiger partial charge is 0.507 e. The summed E-state index contributed by atoms with van der Waals surface area (Å²) in [5, 5.41) is 24.9. The molecule has 11 N–H and O–H groups in total. The van der Waals surface area contributed by atoms with Crippen LogP contribution in [-0.2, 0) is 27.3 Å². The van der Waals surface area contributed by atoms with Crippen molar-refractivity contribution in [3.05, 3.63) is 82.0 Å². The Morgan fingerprint density at radius 3 is 2.31 bits per heavy atom. The fourth-order valence-electron chi connectivity index (χ4n) is 11.3. The molecule has 4 fully saturated rings. The molecular formula is C54H74N12O6. The highest BCUT2D eigenvalue weighted by atomic mass is 16.3. The number of aromatic nitrogens is 1. The van der Waals surface area contributed by atoms with E-state index in [1.165, 1.54) is 25.7 Å². The Kier molecular flexibility index (Phi) is 17.0. The Balaban J connectivity index is 0.000000221. The molecule has 0 bridgehead atoms. The number of carbonyl (C=O) groups is 4. The second-order valence-corrected chi connectivity index (χ2v) is 21.1. The maximum Gasteiger partial charge on any atom is 0.317 e. The third-order valence-corrected chi connectivity index (χ3v) is 15.2. The zero-order valence-corrected chi connectivity index (χ0v) is 42.3. The number of aliphatic hydroxyl groups is 1. The minimum absolute atomic E-state index is 0.0113. The number of aromatic amines is 1. The van der Waals surface area contributed by atoms with Crippen LogP contribution in [0.1, 0.15) is 105 Å². The Morgan fingerprint density at radius 1 is 1.00 bits per heavy atom. The van der Waals surface area contributed by atoms with Crippen molar-refractivity contribution in [3.63, 3.8) is 0 Å². The third kappa shape index (κ3) is 12.8. The molecule has 18 heteroatoms. The van der Waals surface area contributed by atoms with E-state index in [1.54, 1.807) is 30.1 Å². The lowest BCUT2D eigenvalue weighted by atomic mass is 9.60. The van der Waals surface area contributed by atoms with Crippen LogP contribution in [0.2, 0.25) is 0 Å². The molecule has 2 aromatic carbocycles. The van der Waals surface area contributed by atoms with Crippen molar-refractivity contribution < 1.29 is 29.4 Å². The summed E-state index contributed by atoms with van der Waals surface area (Å²) in [6.45, 7) is 13.1. The number of β-amino-alcohol motifs (C(OH)–C–C–N with tert-alkyl or cyclic N) is 1. The summed E-state index contributed by atoms with van der Waals surface area (Å²) in [7, 11) is 1.71. The van der Waals surface area contributed by atoms with Gasteiger partial charge in [-0.15, -0.1) is 6.42 Å². The molecule has 3 saturated heterocycles. The highest BCUT2D eigenvalue weighted by molar-refractivity contribution is 5.92. The highest BCUT2D eigenvalue weighted by Crippen LogP contribution is 2.51. The summed E-state index contributed by atoms with van der Waals surface area (Å²) in [6, 6.07) is 15.3. The number of aliphatic imine (C=N–C) groups is 2. The molecule has 0 radical (unpaired) electrons. The number of piperidine rings is 1. The van der Waals surface area contributed by atoms with E-state index < -0.39 is 11.5 Å². The molecule has 6 heterocycles. The number of likely N-dealkylation sites (tertiary alicyclic amines) is 3. The van der Waals surface area contributed by atoms with Gasteiger partial charge >= 0.3 is 6.03 Å². The van der Waals surface area contributed by atoms with Gasteiger partial charge in [0.2, 0.25) is 24.2 Å². The number of benzene rings is 2. The average Bonchev–Trinajstić information content (AvgIpc) is 3.92. The number of hydrogen-bond acceptors (Lipinski definition) is 12. The molecule has 1 aliphatic carbocycles. The molecular weight excluding hydrogens is 913 g/mol. The van der Waals surface area contributed by atoms with E-state index in [2.05, 4.69) is 44.5 Å². The van der Waals surface area contributed by atoms with Gasteiger partial charge in [-0.2, -0.15) is 0 Å².